The molecule has 122 valence electrons. The van der Waals surface area contributed by atoms with Crippen molar-refractivity contribution < 1.29 is 0 Å². The van der Waals surface area contributed by atoms with E-state index in [4.69, 9.17) is 17.3 Å². The average molecular weight is 332 g/mol. The molecule has 0 fully saturated rings. The van der Waals surface area contributed by atoms with Crippen LogP contribution >= 0.6 is 11.6 Å². The number of halogens is 1. The Labute approximate surface area is 142 Å². The molecule has 1 aromatic heterocycles. The molecule has 5 nitrogen and oxygen atoms in total. The molecule has 0 aliphatic heterocycles. The number of pyridine rings is 1. The molecule has 1 atom stereocenters. The van der Waals surface area contributed by atoms with Gasteiger partial charge in [0.2, 0.25) is 5.66 Å². The molecule has 0 saturated carbocycles. The maximum Gasteiger partial charge on any atom is 0.202 e. The van der Waals surface area contributed by atoms with Gasteiger partial charge in [0.1, 0.15) is 5.82 Å². The van der Waals surface area contributed by atoms with Gasteiger partial charge < -0.3 is 10.6 Å². The van der Waals surface area contributed by atoms with Gasteiger partial charge in [0.15, 0.2) is 0 Å². The average Bonchev–Trinajstić information content (AvgIpc) is 2.54. The van der Waals surface area contributed by atoms with Gasteiger partial charge >= 0.3 is 0 Å². The minimum Gasteiger partial charge on any atom is -0.390 e. The highest BCUT2D eigenvalue weighted by molar-refractivity contribution is 6.29. The summed E-state index contributed by atoms with van der Waals surface area (Å²) in [6.07, 6.45) is 10.5. The number of rotatable bonds is 5. The summed E-state index contributed by atoms with van der Waals surface area (Å²) < 4.78 is 0. The predicted molar refractivity (Wildman–Crippen MR) is 98.3 cm³/mol. The molecule has 1 heterocycles. The van der Waals surface area contributed by atoms with E-state index < -0.39 is 5.66 Å². The van der Waals surface area contributed by atoms with E-state index in [0.717, 1.165) is 34.8 Å². The monoisotopic (exact) mass is 331 g/mol. The van der Waals surface area contributed by atoms with Crippen LogP contribution in [-0.4, -0.2) is 31.6 Å². The van der Waals surface area contributed by atoms with E-state index in [1.807, 2.05) is 44.1 Å². The molecule has 1 aliphatic carbocycles. The molecule has 0 amide bonds. The Morgan fingerprint density at radius 1 is 1.39 bits per heavy atom. The van der Waals surface area contributed by atoms with E-state index in [0.29, 0.717) is 0 Å². The fraction of sp³-hybridized carbons (Fsp3) is 0.353. The van der Waals surface area contributed by atoms with Gasteiger partial charge in [0, 0.05) is 36.5 Å². The summed E-state index contributed by atoms with van der Waals surface area (Å²) in [5.74, 6) is 0.830. The number of hydrogen-bond acceptors (Lipinski definition) is 4. The molecule has 1 aromatic rings. The van der Waals surface area contributed by atoms with Gasteiger partial charge in [-0.05, 0) is 44.2 Å². The number of nitrogens with zero attached hydrogens (tertiary/aromatic N) is 4. The first-order chi connectivity index (χ1) is 11.0. The molecular formula is C17H22ClN5. The third kappa shape index (κ3) is 3.62. The lowest BCUT2D eigenvalue weighted by atomic mass is 9.88. The van der Waals surface area contributed by atoms with Crippen LogP contribution in [0, 0.1) is 0 Å². The highest BCUT2D eigenvalue weighted by Crippen LogP contribution is 2.40. The first kappa shape index (κ1) is 17.2. The van der Waals surface area contributed by atoms with E-state index in [9.17, 15) is 0 Å². The van der Waals surface area contributed by atoms with Crippen molar-refractivity contribution in [1.82, 2.24) is 4.98 Å². The van der Waals surface area contributed by atoms with Crippen LogP contribution in [0.1, 0.15) is 25.3 Å². The SMILES string of the molecule is C/C=N/C(/N=C/N)(C1=CCCC(Cl)=C1)c1ccnc(N(C)C)c1. The lowest BCUT2D eigenvalue weighted by molar-refractivity contribution is 0.571. The standard InChI is InChI=1S/C17H22ClN5/c1-4-21-17(22-12-19,13-6-5-7-15(18)10-13)14-8-9-20-16(11-14)23(2)3/h4,6,8-12H,5,7H2,1-3H3,(H2,19,22)/b21-4+. The summed E-state index contributed by atoms with van der Waals surface area (Å²) in [5.41, 5.74) is 6.53. The van der Waals surface area contributed by atoms with Crippen LogP contribution in [0.15, 0.2) is 51.1 Å². The van der Waals surface area contributed by atoms with Crippen molar-refractivity contribution in [2.75, 3.05) is 19.0 Å². The van der Waals surface area contributed by atoms with Crippen LogP contribution in [0.2, 0.25) is 0 Å². The van der Waals surface area contributed by atoms with Gasteiger partial charge in [-0.2, -0.15) is 0 Å². The van der Waals surface area contributed by atoms with Crippen LogP contribution in [-0.2, 0) is 5.66 Å². The fourth-order valence-electron chi connectivity index (χ4n) is 2.58. The van der Waals surface area contributed by atoms with Crippen molar-refractivity contribution in [3.05, 3.63) is 46.7 Å². The first-order valence-electron chi connectivity index (χ1n) is 7.49. The Morgan fingerprint density at radius 2 is 2.17 bits per heavy atom. The van der Waals surface area contributed by atoms with Gasteiger partial charge in [0.05, 0.1) is 6.34 Å². The molecule has 0 radical (unpaired) electrons. The summed E-state index contributed by atoms with van der Waals surface area (Å²) in [7, 11) is 3.89. The Balaban J connectivity index is 2.67. The largest absolute Gasteiger partial charge is 0.390 e. The Bertz CT molecular complexity index is 661. The maximum absolute atomic E-state index is 6.25. The summed E-state index contributed by atoms with van der Waals surface area (Å²) >= 11 is 6.25. The van der Waals surface area contributed by atoms with Crippen LogP contribution in [0.3, 0.4) is 0 Å². The van der Waals surface area contributed by atoms with Crippen LogP contribution < -0.4 is 10.6 Å². The van der Waals surface area contributed by atoms with Crippen LogP contribution in [0.5, 0.6) is 0 Å². The number of hydrogen-bond donors (Lipinski definition) is 1. The highest BCUT2D eigenvalue weighted by atomic mass is 35.5. The maximum atomic E-state index is 6.25. The van der Waals surface area contributed by atoms with Crippen LogP contribution in [0.4, 0.5) is 5.82 Å². The third-order valence-corrected chi connectivity index (χ3v) is 3.94. The number of aliphatic imine (C=N–C) groups is 2. The highest BCUT2D eigenvalue weighted by Gasteiger charge is 2.35. The molecule has 2 N–H and O–H groups in total. The number of allylic oxidation sites excluding steroid dienone is 2. The zero-order valence-electron chi connectivity index (χ0n) is 13.7. The van der Waals surface area contributed by atoms with Crippen LogP contribution in [0.25, 0.3) is 0 Å². The van der Waals surface area contributed by atoms with Crippen molar-refractivity contribution in [3.8, 4) is 0 Å². The van der Waals surface area contributed by atoms with Gasteiger partial charge in [0.25, 0.3) is 0 Å². The lowest BCUT2D eigenvalue weighted by Crippen LogP contribution is -2.26. The second kappa shape index (κ2) is 7.42. The van der Waals surface area contributed by atoms with Crippen molar-refractivity contribution in [2.45, 2.75) is 25.4 Å². The van der Waals surface area contributed by atoms with E-state index in [-0.39, 0.29) is 0 Å². The number of nitrogens with two attached hydrogens (primary N) is 1. The summed E-state index contributed by atoms with van der Waals surface area (Å²) in [5, 5.41) is 0.798. The molecule has 0 spiro atoms. The van der Waals surface area contributed by atoms with Crippen molar-refractivity contribution >= 4 is 30.0 Å². The normalized spacial score (nSPS) is 17.9. The fourth-order valence-corrected chi connectivity index (χ4v) is 2.81. The molecule has 0 aromatic carbocycles. The Hall–Kier alpha value is -2.14. The second-order valence-corrected chi connectivity index (χ2v) is 5.91. The molecular weight excluding hydrogens is 310 g/mol. The zero-order valence-corrected chi connectivity index (χ0v) is 14.5. The minimum absolute atomic E-state index is 0.798. The molecule has 23 heavy (non-hydrogen) atoms. The molecule has 6 heteroatoms. The van der Waals surface area contributed by atoms with Gasteiger partial charge in [-0.15, -0.1) is 0 Å². The van der Waals surface area contributed by atoms with Crippen molar-refractivity contribution in [3.63, 3.8) is 0 Å². The first-order valence-corrected chi connectivity index (χ1v) is 7.87. The molecule has 0 bridgehead atoms. The van der Waals surface area contributed by atoms with E-state index in [1.165, 1.54) is 6.34 Å². The Kier molecular flexibility index (Phi) is 5.55. The predicted octanol–water partition coefficient (Wildman–Crippen LogP) is 3.22. The summed E-state index contributed by atoms with van der Waals surface area (Å²) in [6, 6.07) is 3.88. The molecule has 1 aliphatic rings. The quantitative estimate of drug-likeness (QED) is 0.665. The van der Waals surface area contributed by atoms with Crippen molar-refractivity contribution in [1.29, 1.82) is 0 Å². The smallest absolute Gasteiger partial charge is 0.202 e. The van der Waals surface area contributed by atoms with E-state index >= 15 is 0 Å². The number of aromatic nitrogens is 1. The summed E-state index contributed by atoms with van der Waals surface area (Å²) in [6.45, 7) is 1.86. The topological polar surface area (TPSA) is 66.9 Å². The third-order valence-electron chi connectivity index (χ3n) is 3.65. The van der Waals surface area contributed by atoms with Gasteiger partial charge in [-0.3, -0.25) is 4.99 Å². The molecule has 2 rings (SSSR count). The van der Waals surface area contributed by atoms with E-state index in [1.54, 1.807) is 12.4 Å². The van der Waals surface area contributed by atoms with Gasteiger partial charge in [-0.25, -0.2) is 9.98 Å². The van der Waals surface area contributed by atoms with E-state index in [2.05, 4.69) is 21.0 Å². The van der Waals surface area contributed by atoms with Gasteiger partial charge in [-0.1, -0.05) is 17.7 Å². The number of anilines is 1. The molecule has 1 unspecified atom stereocenters. The van der Waals surface area contributed by atoms with Crippen molar-refractivity contribution in [2.24, 2.45) is 15.7 Å². The molecule has 0 saturated heterocycles. The minimum atomic E-state index is -0.933. The lowest BCUT2D eigenvalue weighted by Gasteiger charge is -2.29. The Morgan fingerprint density at radius 3 is 2.78 bits per heavy atom. The zero-order chi connectivity index (χ0) is 16.9. The second-order valence-electron chi connectivity index (χ2n) is 5.42. The summed E-state index contributed by atoms with van der Waals surface area (Å²) in [4.78, 5) is 15.5.